The molecule has 0 heterocycles. The molecule has 0 spiro atoms. The summed E-state index contributed by atoms with van der Waals surface area (Å²) in [5.74, 6) is 0.586. The van der Waals surface area contributed by atoms with E-state index in [0.29, 0.717) is 18.8 Å². The summed E-state index contributed by atoms with van der Waals surface area (Å²) in [4.78, 5) is 14.1. The van der Waals surface area contributed by atoms with Crippen molar-refractivity contribution in [1.29, 1.82) is 0 Å². The smallest absolute Gasteiger partial charge is 0.410 e. The summed E-state index contributed by atoms with van der Waals surface area (Å²) in [6.07, 6.45) is -0.315. The van der Waals surface area contributed by atoms with Crippen molar-refractivity contribution in [2.45, 2.75) is 40.0 Å². The molecule has 0 atom stereocenters. The Morgan fingerprint density at radius 3 is 2.32 bits per heavy atom. The summed E-state index contributed by atoms with van der Waals surface area (Å²) in [6, 6.07) is 14.1. The monoisotopic (exact) mass is 403 g/mol. The first-order chi connectivity index (χ1) is 11.8. The van der Waals surface area contributed by atoms with Crippen LogP contribution in [0, 0.1) is 0 Å². The Hall–Kier alpha value is -1.81. The number of carbonyl (C=O) groups is 1. The highest BCUT2D eigenvalue weighted by molar-refractivity contribution is 9.10. The van der Waals surface area contributed by atoms with Crippen molar-refractivity contribution in [1.82, 2.24) is 4.90 Å². The highest BCUT2D eigenvalue weighted by atomic mass is 79.9. The molecule has 2 rings (SSSR count). The number of carbonyl (C=O) groups excluding carboxylic acids is 1. The van der Waals surface area contributed by atoms with Crippen LogP contribution in [0.2, 0.25) is 0 Å². The van der Waals surface area contributed by atoms with E-state index in [1.165, 1.54) is 5.56 Å². The van der Waals surface area contributed by atoms with E-state index in [-0.39, 0.29) is 11.5 Å². The molecular formula is C21H26BrNO2. The van der Waals surface area contributed by atoms with E-state index < -0.39 is 0 Å². The molecule has 0 saturated carbocycles. The second-order valence-corrected chi connectivity index (χ2v) is 7.93. The molecule has 0 fully saturated rings. The van der Waals surface area contributed by atoms with Gasteiger partial charge in [0.1, 0.15) is 5.75 Å². The molecule has 0 aromatic heterocycles. The molecule has 0 aliphatic carbocycles. The molecule has 1 amide bonds. The maximum atomic E-state index is 12.4. The van der Waals surface area contributed by atoms with Crippen LogP contribution in [-0.4, -0.2) is 24.1 Å². The quantitative estimate of drug-likeness (QED) is 0.603. The van der Waals surface area contributed by atoms with Gasteiger partial charge in [0, 0.05) is 23.1 Å². The number of hydrogen-bond donors (Lipinski definition) is 0. The number of rotatable bonds is 4. The van der Waals surface area contributed by atoms with E-state index in [4.69, 9.17) is 4.74 Å². The normalized spacial score (nSPS) is 11.3. The largest absolute Gasteiger partial charge is 0.415 e. The molecule has 0 radical (unpaired) electrons. The van der Waals surface area contributed by atoms with E-state index in [0.717, 1.165) is 15.6 Å². The van der Waals surface area contributed by atoms with Crippen LogP contribution >= 0.6 is 15.9 Å². The first-order valence-corrected chi connectivity index (χ1v) is 9.42. The predicted molar refractivity (Wildman–Crippen MR) is 107 cm³/mol. The molecule has 0 N–H and O–H groups in total. The van der Waals surface area contributed by atoms with Crippen molar-refractivity contribution in [3.05, 3.63) is 52.5 Å². The fourth-order valence-electron chi connectivity index (χ4n) is 2.61. The van der Waals surface area contributed by atoms with E-state index in [1.54, 1.807) is 4.90 Å². The molecule has 134 valence electrons. The van der Waals surface area contributed by atoms with Crippen molar-refractivity contribution < 1.29 is 9.53 Å². The Bertz CT molecular complexity index is 746. The van der Waals surface area contributed by atoms with Crippen molar-refractivity contribution in [2.75, 3.05) is 13.1 Å². The highest BCUT2D eigenvalue weighted by Crippen LogP contribution is 2.36. The van der Waals surface area contributed by atoms with E-state index in [1.807, 2.05) is 50.2 Å². The Balaban J connectivity index is 2.50. The van der Waals surface area contributed by atoms with Crippen molar-refractivity contribution in [3.63, 3.8) is 0 Å². The highest BCUT2D eigenvalue weighted by Gasteiger charge is 2.19. The van der Waals surface area contributed by atoms with Crippen LogP contribution in [0.25, 0.3) is 11.1 Å². The molecule has 4 heteroatoms. The first-order valence-electron chi connectivity index (χ1n) is 8.63. The van der Waals surface area contributed by atoms with Gasteiger partial charge in [0.25, 0.3) is 0 Å². The van der Waals surface area contributed by atoms with Crippen LogP contribution in [0.3, 0.4) is 0 Å². The second kappa shape index (κ2) is 8.05. The van der Waals surface area contributed by atoms with Gasteiger partial charge in [-0.1, -0.05) is 54.9 Å². The number of nitrogens with zero attached hydrogens (tertiary/aromatic N) is 1. The number of amides is 1. The van der Waals surface area contributed by atoms with Gasteiger partial charge in [-0.25, -0.2) is 4.79 Å². The zero-order chi connectivity index (χ0) is 18.6. The first kappa shape index (κ1) is 19.5. The Morgan fingerprint density at radius 1 is 1.08 bits per heavy atom. The topological polar surface area (TPSA) is 29.5 Å². The van der Waals surface area contributed by atoms with Gasteiger partial charge in [-0.05, 0) is 54.7 Å². The van der Waals surface area contributed by atoms with Gasteiger partial charge in [-0.15, -0.1) is 0 Å². The average molecular weight is 404 g/mol. The third-order valence-electron chi connectivity index (χ3n) is 4.20. The molecule has 0 aliphatic heterocycles. The second-order valence-electron chi connectivity index (χ2n) is 7.01. The van der Waals surface area contributed by atoms with Crippen LogP contribution in [0.5, 0.6) is 5.75 Å². The zero-order valence-electron chi connectivity index (χ0n) is 15.6. The molecule has 25 heavy (non-hydrogen) atoms. The maximum Gasteiger partial charge on any atom is 0.415 e. The number of hydrogen-bond acceptors (Lipinski definition) is 2. The van der Waals surface area contributed by atoms with Gasteiger partial charge in [-0.3, -0.25) is 0 Å². The molecule has 0 unspecified atom stereocenters. The number of halogens is 1. The molecule has 0 aliphatic rings. The van der Waals surface area contributed by atoms with Crippen molar-refractivity contribution in [2.24, 2.45) is 0 Å². The molecule has 0 saturated heterocycles. The summed E-state index contributed by atoms with van der Waals surface area (Å²) in [5.41, 5.74) is 3.16. The van der Waals surface area contributed by atoms with E-state index in [2.05, 4.69) is 42.8 Å². The SMILES string of the molecule is CCN(CC)C(=O)Oc1ccc(C(C)(C)C)cc1-c1cccc(Br)c1. The Kier molecular flexibility index (Phi) is 6.28. The lowest BCUT2D eigenvalue weighted by Gasteiger charge is -2.23. The van der Waals surface area contributed by atoms with Crippen molar-refractivity contribution >= 4 is 22.0 Å². The molecule has 2 aromatic carbocycles. The Morgan fingerprint density at radius 2 is 1.76 bits per heavy atom. The molecule has 3 nitrogen and oxygen atoms in total. The summed E-state index contributed by atoms with van der Waals surface area (Å²) in [7, 11) is 0. The van der Waals surface area contributed by atoms with Gasteiger partial charge >= 0.3 is 6.09 Å². The average Bonchev–Trinajstić information content (AvgIpc) is 2.55. The zero-order valence-corrected chi connectivity index (χ0v) is 17.2. The lowest BCUT2D eigenvalue weighted by atomic mass is 9.85. The standard InChI is InChI=1S/C21H26BrNO2/c1-6-23(7-2)20(24)25-19-12-11-16(21(3,4)5)14-18(19)15-9-8-10-17(22)13-15/h8-14H,6-7H2,1-5H3. The van der Waals surface area contributed by atoms with Crippen LogP contribution in [0.15, 0.2) is 46.9 Å². The minimum atomic E-state index is -0.315. The van der Waals surface area contributed by atoms with E-state index >= 15 is 0 Å². The van der Waals surface area contributed by atoms with Gasteiger partial charge in [-0.2, -0.15) is 0 Å². The Labute approximate surface area is 159 Å². The lowest BCUT2D eigenvalue weighted by molar-refractivity contribution is 0.157. The molecular weight excluding hydrogens is 378 g/mol. The maximum absolute atomic E-state index is 12.4. The van der Waals surface area contributed by atoms with Gasteiger partial charge in [0.05, 0.1) is 0 Å². The van der Waals surface area contributed by atoms with Crippen LogP contribution in [0.1, 0.15) is 40.2 Å². The number of benzene rings is 2. The van der Waals surface area contributed by atoms with Crippen molar-refractivity contribution in [3.8, 4) is 16.9 Å². The fourth-order valence-corrected chi connectivity index (χ4v) is 3.01. The minimum absolute atomic E-state index is 0.0160. The van der Waals surface area contributed by atoms with Gasteiger partial charge < -0.3 is 9.64 Å². The molecule has 2 aromatic rings. The van der Waals surface area contributed by atoms with E-state index in [9.17, 15) is 4.79 Å². The molecule has 0 bridgehead atoms. The fraction of sp³-hybridized carbons (Fsp3) is 0.381. The summed E-state index contributed by atoms with van der Waals surface area (Å²) < 4.78 is 6.72. The predicted octanol–water partition coefficient (Wildman–Crippen LogP) is 6.25. The van der Waals surface area contributed by atoms with Crippen LogP contribution in [-0.2, 0) is 5.41 Å². The van der Waals surface area contributed by atoms with Gasteiger partial charge in [0.2, 0.25) is 0 Å². The van der Waals surface area contributed by atoms with Crippen LogP contribution < -0.4 is 4.74 Å². The minimum Gasteiger partial charge on any atom is -0.410 e. The summed E-state index contributed by atoms with van der Waals surface area (Å²) >= 11 is 3.52. The third kappa shape index (κ3) is 4.85. The van der Waals surface area contributed by atoms with Crippen LogP contribution in [0.4, 0.5) is 4.79 Å². The lowest BCUT2D eigenvalue weighted by Crippen LogP contribution is -2.33. The number of ether oxygens (including phenoxy) is 1. The summed E-state index contributed by atoms with van der Waals surface area (Å²) in [5, 5.41) is 0. The third-order valence-corrected chi connectivity index (χ3v) is 4.69. The van der Waals surface area contributed by atoms with Gasteiger partial charge in [0.15, 0.2) is 0 Å². The summed E-state index contributed by atoms with van der Waals surface area (Å²) in [6.45, 7) is 11.7.